The Morgan fingerprint density at radius 1 is 0.900 bits per heavy atom. The van der Waals surface area contributed by atoms with Crippen LogP contribution in [0.4, 0.5) is 0 Å². The summed E-state index contributed by atoms with van der Waals surface area (Å²) < 4.78 is 5.60. The number of fused-ring (bicyclic) bond motifs is 1. The van der Waals surface area contributed by atoms with E-state index in [0.717, 1.165) is 17.5 Å². The number of nitrogens with two attached hydrogens (primary N) is 1. The molecule has 1 aromatic heterocycles. The first kappa shape index (κ1) is 12.5. The molecule has 0 aliphatic heterocycles. The Bertz CT molecular complexity index is 712. The van der Waals surface area contributed by atoms with Crippen LogP contribution in [-0.4, -0.2) is 21.7 Å². The predicted octanol–water partition coefficient (Wildman–Crippen LogP) is 2.32. The summed E-state index contributed by atoms with van der Waals surface area (Å²) in [6, 6.07) is 15.5. The minimum atomic E-state index is 0.246. The highest BCUT2D eigenvalue weighted by molar-refractivity contribution is 5.73. The first-order chi connectivity index (χ1) is 9.85. The maximum atomic E-state index is 5.60. The van der Waals surface area contributed by atoms with Crippen LogP contribution >= 0.6 is 0 Å². The normalized spacial score (nSPS) is 10.7. The number of rotatable bonds is 4. The number of nitrogens with zero attached hydrogens (tertiary/aromatic N) is 3. The molecule has 0 amide bonds. The molecule has 0 unspecified atom stereocenters. The lowest BCUT2D eigenvalue weighted by Crippen LogP contribution is -2.02. The zero-order valence-corrected chi connectivity index (χ0v) is 10.9. The molecular weight excluding hydrogens is 252 g/mol. The van der Waals surface area contributed by atoms with Crippen molar-refractivity contribution in [2.45, 2.75) is 6.42 Å². The quantitative estimate of drug-likeness (QED) is 0.784. The largest absolute Gasteiger partial charge is 0.423 e. The van der Waals surface area contributed by atoms with E-state index < -0.39 is 0 Å². The van der Waals surface area contributed by atoms with Gasteiger partial charge in [0.1, 0.15) is 11.3 Å². The SMILES string of the molecule is NCCc1ccc(Oc2nnc3ccccc3n2)cc1. The number of hydrogen-bond acceptors (Lipinski definition) is 5. The molecule has 5 heteroatoms. The van der Waals surface area contributed by atoms with E-state index in [1.54, 1.807) is 0 Å². The third-order valence-electron chi connectivity index (χ3n) is 2.91. The van der Waals surface area contributed by atoms with Crippen LogP contribution < -0.4 is 10.5 Å². The fourth-order valence-electron chi connectivity index (χ4n) is 1.90. The summed E-state index contributed by atoms with van der Waals surface area (Å²) in [4.78, 5) is 4.31. The van der Waals surface area contributed by atoms with Gasteiger partial charge in [-0.3, -0.25) is 0 Å². The summed E-state index contributed by atoms with van der Waals surface area (Å²) in [6.07, 6.45) is 0.855. The number of ether oxygens (including phenoxy) is 1. The topological polar surface area (TPSA) is 73.9 Å². The van der Waals surface area contributed by atoms with Gasteiger partial charge in [0, 0.05) is 0 Å². The number of para-hydroxylation sites is 1. The van der Waals surface area contributed by atoms with Crippen LogP contribution in [0.2, 0.25) is 0 Å². The molecule has 0 spiro atoms. The van der Waals surface area contributed by atoms with Gasteiger partial charge in [0.15, 0.2) is 0 Å². The molecule has 20 heavy (non-hydrogen) atoms. The van der Waals surface area contributed by atoms with Crippen LogP contribution in [0.1, 0.15) is 5.56 Å². The molecular formula is C15H14N4O. The molecule has 0 aliphatic carbocycles. The van der Waals surface area contributed by atoms with Crippen molar-refractivity contribution < 1.29 is 4.74 Å². The van der Waals surface area contributed by atoms with E-state index in [1.165, 1.54) is 5.56 Å². The van der Waals surface area contributed by atoms with Crippen LogP contribution in [0.5, 0.6) is 11.8 Å². The molecule has 3 rings (SSSR count). The molecule has 5 nitrogen and oxygen atoms in total. The van der Waals surface area contributed by atoms with Crippen LogP contribution in [0.25, 0.3) is 11.0 Å². The lowest BCUT2D eigenvalue weighted by molar-refractivity contribution is 0.437. The molecule has 0 radical (unpaired) electrons. The van der Waals surface area contributed by atoms with Gasteiger partial charge >= 0.3 is 6.01 Å². The van der Waals surface area contributed by atoms with Gasteiger partial charge in [0.2, 0.25) is 0 Å². The maximum absolute atomic E-state index is 5.60. The molecule has 0 saturated carbocycles. The van der Waals surface area contributed by atoms with Gasteiger partial charge in [0.05, 0.1) is 5.52 Å². The second-order valence-electron chi connectivity index (χ2n) is 4.37. The molecule has 2 N–H and O–H groups in total. The van der Waals surface area contributed by atoms with Crippen LogP contribution in [-0.2, 0) is 6.42 Å². The minimum Gasteiger partial charge on any atom is -0.423 e. The van der Waals surface area contributed by atoms with E-state index in [0.29, 0.717) is 12.3 Å². The molecule has 0 aliphatic rings. The molecule has 0 atom stereocenters. The third-order valence-corrected chi connectivity index (χ3v) is 2.91. The third kappa shape index (κ3) is 2.73. The highest BCUT2D eigenvalue weighted by Crippen LogP contribution is 2.19. The average molecular weight is 266 g/mol. The monoisotopic (exact) mass is 266 g/mol. The highest BCUT2D eigenvalue weighted by atomic mass is 16.5. The zero-order chi connectivity index (χ0) is 13.8. The van der Waals surface area contributed by atoms with Crippen molar-refractivity contribution in [3.05, 3.63) is 54.1 Å². The van der Waals surface area contributed by atoms with E-state index in [9.17, 15) is 0 Å². The molecule has 0 fully saturated rings. The number of benzene rings is 2. The maximum Gasteiger partial charge on any atom is 0.341 e. The molecule has 100 valence electrons. The van der Waals surface area contributed by atoms with Crippen molar-refractivity contribution in [1.82, 2.24) is 15.2 Å². The van der Waals surface area contributed by atoms with Gasteiger partial charge in [-0.1, -0.05) is 29.4 Å². The first-order valence-corrected chi connectivity index (χ1v) is 6.41. The lowest BCUT2D eigenvalue weighted by Gasteiger charge is -2.05. The zero-order valence-electron chi connectivity index (χ0n) is 10.9. The van der Waals surface area contributed by atoms with Crippen molar-refractivity contribution in [3.63, 3.8) is 0 Å². The van der Waals surface area contributed by atoms with E-state index >= 15 is 0 Å². The van der Waals surface area contributed by atoms with Gasteiger partial charge in [-0.05, 0) is 42.8 Å². The molecule has 3 aromatic rings. The van der Waals surface area contributed by atoms with Crippen molar-refractivity contribution >= 4 is 11.0 Å². The highest BCUT2D eigenvalue weighted by Gasteiger charge is 2.03. The minimum absolute atomic E-state index is 0.246. The summed E-state index contributed by atoms with van der Waals surface area (Å²) in [5, 5.41) is 8.03. The fraction of sp³-hybridized carbons (Fsp3) is 0.133. The number of aromatic nitrogens is 3. The second kappa shape index (κ2) is 5.63. The first-order valence-electron chi connectivity index (χ1n) is 6.41. The van der Waals surface area contributed by atoms with E-state index in [1.807, 2.05) is 48.5 Å². The van der Waals surface area contributed by atoms with E-state index in [2.05, 4.69) is 15.2 Å². The Labute approximate surface area is 116 Å². The molecule has 0 saturated heterocycles. The molecule has 0 bridgehead atoms. The van der Waals surface area contributed by atoms with Gasteiger partial charge in [-0.2, -0.15) is 4.98 Å². The standard InChI is InChI=1S/C15H14N4O/c16-10-9-11-5-7-12(8-6-11)20-15-17-13-3-1-2-4-14(13)18-19-15/h1-8H,9-10,16H2. The van der Waals surface area contributed by atoms with Gasteiger partial charge < -0.3 is 10.5 Å². The summed E-state index contributed by atoms with van der Waals surface area (Å²) in [7, 11) is 0. The second-order valence-corrected chi connectivity index (χ2v) is 4.37. The fourth-order valence-corrected chi connectivity index (χ4v) is 1.90. The van der Waals surface area contributed by atoms with Gasteiger partial charge in [-0.25, -0.2) is 0 Å². The van der Waals surface area contributed by atoms with Gasteiger partial charge in [-0.15, -0.1) is 5.10 Å². The summed E-state index contributed by atoms with van der Waals surface area (Å²) in [6.45, 7) is 0.637. The Balaban J connectivity index is 1.81. The van der Waals surface area contributed by atoms with Crippen LogP contribution in [0.15, 0.2) is 48.5 Å². The Morgan fingerprint density at radius 3 is 2.40 bits per heavy atom. The van der Waals surface area contributed by atoms with E-state index in [4.69, 9.17) is 10.5 Å². The van der Waals surface area contributed by atoms with Crippen LogP contribution in [0.3, 0.4) is 0 Å². The van der Waals surface area contributed by atoms with Crippen molar-refractivity contribution in [1.29, 1.82) is 0 Å². The van der Waals surface area contributed by atoms with Crippen LogP contribution in [0, 0.1) is 0 Å². The molecule has 2 aromatic carbocycles. The van der Waals surface area contributed by atoms with Crippen molar-refractivity contribution in [2.24, 2.45) is 5.73 Å². The number of hydrogen-bond donors (Lipinski definition) is 1. The predicted molar refractivity (Wildman–Crippen MR) is 76.6 cm³/mol. The summed E-state index contributed by atoms with van der Waals surface area (Å²) in [5.74, 6) is 0.683. The Kier molecular flexibility index (Phi) is 3.52. The lowest BCUT2D eigenvalue weighted by atomic mass is 10.1. The van der Waals surface area contributed by atoms with Crippen molar-refractivity contribution in [2.75, 3.05) is 6.54 Å². The average Bonchev–Trinajstić information content (AvgIpc) is 2.49. The van der Waals surface area contributed by atoms with Gasteiger partial charge in [0.25, 0.3) is 0 Å². The smallest absolute Gasteiger partial charge is 0.341 e. The summed E-state index contributed by atoms with van der Waals surface area (Å²) >= 11 is 0. The summed E-state index contributed by atoms with van der Waals surface area (Å²) in [5.41, 5.74) is 8.20. The Hall–Kier alpha value is -2.53. The Morgan fingerprint density at radius 2 is 1.65 bits per heavy atom. The van der Waals surface area contributed by atoms with Crippen molar-refractivity contribution in [3.8, 4) is 11.8 Å². The molecule has 1 heterocycles. The van der Waals surface area contributed by atoms with E-state index in [-0.39, 0.29) is 6.01 Å².